The van der Waals surface area contributed by atoms with Crippen molar-refractivity contribution in [3.63, 3.8) is 0 Å². The molecule has 4 aliphatic rings. The fourth-order valence-electron chi connectivity index (χ4n) is 7.24. The molecule has 0 saturated heterocycles. The summed E-state index contributed by atoms with van der Waals surface area (Å²) in [7, 11) is 0. The quantitative estimate of drug-likeness (QED) is 0.663. The summed E-state index contributed by atoms with van der Waals surface area (Å²) < 4.78 is 7.58. The fraction of sp³-hybridized carbons (Fsp3) is 0.615. The molecule has 5 nitrogen and oxygen atoms in total. The Bertz CT molecular complexity index is 908. The van der Waals surface area contributed by atoms with Crippen LogP contribution in [-0.4, -0.2) is 21.7 Å². The SMILES string of the molecule is CCC(NC(=O)c1ccn(COc2cc(C)cc(C)c2)n1)C12CC3CC(CC(C3)C1)C2. The number of nitrogens with zero attached hydrogens (tertiary/aromatic N) is 2. The zero-order chi connectivity index (χ0) is 21.6. The molecule has 2 aromatic rings. The number of rotatable bonds is 7. The maximum absolute atomic E-state index is 13.1. The Morgan fingerprint density at radius 2 is 1.74 bits per heavy atom. The molecule has 1 heterocycles. The molecular weight excluding hydrogens is 386 g/mol. The third-order valence-electron chi connectivity index (χ3n) is 7.97. The molecule has 166 valence electrons. The summed E-state index contributed by atoms with van der Waals surface area (Å²) >= 11 is 0. The lowest BCUT2D eigenvalue weighted by molar-refractivity contribution is -0.0727. The van der Waals surface area contributed by atoms with Crippen LogP contribution in [0.1, 0.15) is 73.5 Å². The van der Waals surface area contributed by atoms with E-state index in [2.05, 4.69) is 37.3 Å². The first-order chi connectivity index (χ1) is 14.9. The molecule has 1 N–H and O–H groups in total. The van der Waals surface area contributed by atoms with Gasteiger partial charge in [-0.2, -0.15) is 5.10 Å². The fourth-order valence-corrected chi connectivity index (χ4v) is 7.24. The number of hydrogen-bond donors (Lipinski definition) is 1. The molecule has 4 saturated carbocycles. The van der Waals surface area contributed by atoms with E-state index in [9.17, 15) is 4.79 Å². The molecule has 6 rings (SSSR count). The van der Waals surface area contributed by atoms with E-state index in [0.29, 0.717) is 17.8 Å². The van der Waals surface area contributed by atoms with Gasteiger partial charge >= 0.3 is 0 Å². The lowest BCUT2D eigenvalue weighted by Gasteiger charge is -2.59. The van der Waals surface area contributed by atoms with Crippen LogP contribution in [0.25, 0.3) is 0 Å². The number of hydrogen-bond acceptors (Lipinski definition) is 3. The third kappa shape index (κ3) is 4.11. The lowest BCUT2D eigenvalue weighted by atomic mass is 9.47. The minimum atomic E-state index is -0.0484. The highest BCUT2D eigenvalue weighted by Crippen LogP contribution is 2.61. The highest BCUT2D eigenvalue weighted by Gasteiger charge is 2.54. The molecule has 1 amide bonds. The largest absolute Gasteiger partial charge is 0.471 e. The van der Waals surface area contributed by atoms with E-state index in [1.165, 1.54) is 49.7 Å². The molecule has 1 aromatic carbocycles. The highest BCUT2D eigenvalue weighted by atomic mass is 16.5. The Hall–Kier alpha value is -2.30. The van der Waals surface area contributed by atoms with Gasteiger partial charge < -0.3 is 10.1 Å². The summed E-state index contributed by atoms with van der Waals surface area (Å²) in [5, 5.41) is 7.87. The third-order valence-corrected chi connectivity index (χ3v) is 7.97. The van der Waals surface area contributed by atoms with Gasteiger partial charge in [-0.05, 0) is 111 Å². The zero-order valence-corrected chi connectivity index (χ0v) is 19.1. The second kappa shape index (κ2) is 7.99. The summed E-state index contributed by atoms with van der Waals surface area (Å²) in [5.41, 5.74) is 3.14. The van der Waals surface area contributed by atoms with Crippen LogP contribution in [0.5, 0.6) is 5.75 Å². The topological polar surface area (TPSA) is 56.2 Å². The van der Waals surface area contributed by atoms with Gasteiger partial charge in [-0.3, -0.25) is 4.79 Å². The van der Waals surface area contributed by atoms with Gasteiger partial charge in [0.2, 0.25) is 0 Å². The van der Waals surface area contributed by atoms with E-state index < -0.39 is 0 Å². The van der Waals surface area contributed by atoms with Crippen molar-refractivity contribution in [3.05, 3.63) is 47.3 Å². The van der Waals surface area contributed by atoms with E-state index in [0.717, 1.165) is 29.9 Å². The van der Waals surface area contributed by atoms with Crippen LogP contribution in [0.4, 0.5) is 0 Å². The number of carbonyl (C=O) groups excluding carboxylic acids is 1. The van der Waals surface area contributed by atoms with Crippen LogP contribution >= 0.6 is 0 Å². The maximum Gasteiger partial charge on any atom is 0.272 e. The van der Waals surface area contributed by atoms with Gasteiger partial charge in [-0.15, -0.1) is 0 Å². The molecular formula is C26H35N3O2. The smallest absolute Gasteiger partial charge is 0.272 e. The van der Waals surface area contributed by atoms with E-state index >= 15 is 0 Å². The summed E-state index contributed by atoms with van der Waals surface area (Å²) in [4.78, 5) is 13.1. The standard InChI is InChI=1S/C26H35N3O2/c1-4-24(26-13-19-10-20(14-26)12-21(11-19)15-26)27-25(30)23-5-6-29(28-23)16-31-22-8-17(2)7-18(3)9-22/h5-9,19-21,24H,4,10-16H2,1-3H3,(H,27,30). The first-order valence-electron chi connectivity index (χ1n) is 12.0. The predicted octanol–water partition coefficient (Wildman–Crippen LogP) is 5.26. The van der Waals surface area contributed by atoms with Crippen molar-refractivity contribution < 1.29 is 9.53 Å². The Morgan fingerprint density at radius 3 is 2.32 bits per heavy atom. The molecule has 1 unspecified atom stereocenters. The summed E-state index contributed by atoms with van der Waals surface area (Å²) in [6, 6.07) is 8.21. The van der Waals surface area contributed by atoms with E-state index in [-0.39, 0.29) is 11.9 Å². The summed E-state index contributed by atoms with van der Waals surface area (Å²) in [5.74, 6) is 3.44. The number of benzene rings is 1. The molecule has 0 spiro atoms. The van der Waals surface area contributed by atoms with Crippen LogP contribution in [0.15, 0.2) is 30.5 Å². The van der Waals surface area contributed by atoms with Crippen molar-refractivity contribution in [1.82, 2.24) is 15.1 Å². The van der Waals surface area contributed by atoms with Crippen molar-refractivity contribution >= 4 is 5.91 Å². The first-order valence-corrected chi connectivity index (χ1v) is 12.0. The van der Waals surface area contributed by atoms with Gasteiger partial charge in [0.05, 0.1) is 0 Å². The van der Waals surface area contributed by atoms with Crippen molar-refractivity contribution in [3.8, 4) is 5.75 Å². The second-order valence-corrected chi connectivity index (χ2v) is 10.6. The van der Waals surface area contributed by atoms with Crippen molar-refractivity contribution in [1.29, 1.82) is 0 Å². The number of amides is 1. The molecule has 4 bridgehead atoms. The number of aromatic nitrogens is 2. The molecule has 1 atom stereocenters. The molecule has 4 fully saturated rings. The monoisotopic (exact) mass is 421 g/mol. The number of carbonyl (C=O) groups is 1. The highest BCUT2D eigenvalue weighted by molar-refractivity contribution is 5.92. The second-order valence-electron chi connectivity index (χ2n) is 10.6. The molecule has 0 aliphatic heterocycles. The minimum Gasteiger partial charge on any atom is -0.471 e. The Kier molecular flexibility index (Phi) is 5.31. The van der Waals surface area contributed by atoms with Gasteiger partial charge in [-0.25, -0.2) is 4.68 Å². The zero-order valence-electron chi connectivity index (χ0n) is 19.1. The van der Waals surface area contributed by atoms with Gasteiger partial charge in [-0.1, -0.05) is 13.0 Å². The average molecular weight is 422 g/mol. The predicted molar refractivity (Wildman–Crippen MR) is 121 cm³/mol. The van der Waals surface area contributed by atoms with Crippen molar-refractivity contribution in [2.24, 2.45) is 23.2 Å². The molecule has 31 heavy (non-hydrogen) atoms. The van der Waals surface area contributed by atoms with Crippen LogP contribution in [-0.2, 0) is 6.73 Å². The van der Waals surface area contributed by atoms with Crippen molar-refractivity contribution in [2.75, 3.05) is 0 Å². The molecule has 5 heteroatoms. The van der Waals surface area contributed by atoms with E-state index in [4.69, 9.17) is 4.74 Å². The number of nitrogens with one attached hydrogen (secondary N) is 1. The molecule has 0 radical (unpaired) electrons. The van der Waals surface area contributed by atoms with Crippen LogP contribution < -0.4 is 10.1 Å². The Morgan fingerprint density at radius 1 is 1.13 bits per heavy atom. The maximum atomic E-state index is 13.1. The van der Waals surface area contributed by atoms with E-state index in [1.807, 2.05) is 18.3 Å². The number of aryl methyl sites for hydroxylation is 2. The van der Waals surface area contributed by atoms with Crippen molar-refractivity contribution in [2.45, 2.75) is 78.5 Å². The van der Waals surface area contributed by atoms with Crippen LogP contribution in [0.3, 0.4) is 0 Å². The van der Waals surface area contributed by atoms with E-state index in [1.54, 1.807) is 10.7 Å². The summed E-state index contributed by atoms with van der Waals surface area (Å²) in [6.45, 7) is 6.64. The first kappa shape index (κ1) is 20.6. The van der Waals surface area contributed by atoms with Gasteiger partial charge in [0.25, 0.3) is 5.91 Å². The lowest BCUT2D eigenvalue weighted by Crippen LogP contribution is -2.56. The molecule has 1 aromatic heterocycles. The summed E-state index contributed by atoms with van der Waals surface area (Å²) in [6.07, 6.45) is 11.0. The number of ether oxygens (including phenoxy) is 1. The van der Waals surface area contributed by atoms with Crippen LogP contribution in [0.2, 0.25) is 0 Å². The van der Waals surface area contributed by atoms with Gasteiger partial charge in [0.15, 0.2) is 6.73 Å². The molecule has 4 aliphatic carbocycles. The normalized spacial score (nSPS) is 29.7. The Labute approximate surface area is 185 Å². The minimum absolute atomic E-state index is 0.0484. The Balaban J connectivity index is 1.23. The van der Waals surface area contributed by atoms with Crippen LogP contribution in [0, 0.1) is 37.0 Å². The van der Waals surface area contributed by atoms with Gasteiger partial charge in [0.1, 0.15) is 11.4 Å². The van der Waals surface area contributed by atoms with Gasteiger partial charge in [0, 0.05) is 12.2 Å². The average Bonchev–Trinajstić information content (AvgIpc) is 3.18.